The maximum absolute atomic E-state index is 4.63. The van der Waals surface area contributed by atoms with Crippen molar-refractivity contribution in [2.45, 2.75) is 65.3 Å². The summed E-state index contributed by atoms with van der Waals surface area (Å²) in [5.41, 5.74) is 1.06. The Morgan fingerprint density at radius 2 is 2.06 bits per heavy atom. The second-order valence-corrected chi connectivity index (χ2v) is 6.02. The topological polar surface area (TPSA) is 37.8 Å². The number of rotatable bonds is 3. The molecule has 0 saturated heterocycles. The minimum Gasteiger partial charge on any atom is -0.367 e. The molecule has 0 aliphatic heterocycles. The highest BCUT2D eigenvalue weighted by molar-refractivity contribution is 5.37. The molecule has 2 unspecified atom stereocenters. The Morgan fingerprint density at radius 1 is 1.28 bits per heavy atom. The van der Waals surface area contributed by atoms with Gasteiger partial charge in [0.15, 0.2) is 0 Å². The summed E-state index contributed by atoms with van der Waals surface area (Å²) >= 11 is 0. The first-order valence-electron chi connectivity index (χ1n) is 7.16. The lowest BCUT2D eigenvalue weighted by molar-refractivity contribution is 0.358. The van der Waals surface area contributed by atoms with Gasteiger partial charge in [-0.2, -0.15) is 0 Å². The molecule has 0 spiro atoms. The molecule has 0 radical (unpaired) electrons. The van der Waals surface area contributed by atoms with E-state index < -0.39 is 0 Å². The molecule has 1 saturated carbocycles. The third-order valence-electron chi connectivity index (χ3n) is 3.68. The summed E-state index contributed by atoms with van der Waals surface area (Å²) in [6.45, 7) is 8.67. The molecular weight excluding hydrogens is 222 g/mol. The van der Waals surface area contributed by atoms with Crippen LogP contribution in [0.5, 0.6) is 0 Å². The monoisotopic (exact) mass is 247 g/mol. The van der Waals surface area contributed by atoms with Crippen LogP contribution in [0.15, 0.2) is 6.07 Å². The van der Waals surface area contributed by atoms with Crippen LogP contribution in [0.4, 0.5) is 5.82 Å². The van der Waals surface area contributed by atoms with Gasteiger partial charge in [0.1, 0.15) is 11.6 Å². The van der Waals surface area contributed by atoms with Crippen LogP contribution in [0.25, 0.3) is 0 Å². The molecule has 1 heterocycles. The Kier molecular flexibility index (Phi) is 4.20. The normalized spacial score (nSPS) is 24.3. The largest absolute Gasteiger partial charge is 0.367 e. The smallest absolute Gasteiger partial charge is 0.133 e. The van der Waals surface area contributed by atoms with E-state index in [2.05, 4.69) is 42.1 Å². The highest BCUT2D eigenvalue weighted by Crippen LogP contribution is 2.26. The van der Waals surface area contributed by atoms with Crippen LogP contribution in [-0.2, 0) is 0 Å². The van der Waals surface area contributed by atoms with E-state index in [-0.39, 0.29) is 0 Å². The lowest BCUT2D eigenvalue weighted by Crippen LogP contribution is -2.27. The van der Waals surface area contributed by atoms with Crippen LogP contribution in [0.1, 0.15) is 63.9 Å². The molecule has 1 N–H and O–H groups in total. The highest BCUT2D eigenvalue weighted by atomic mass is 15.1. The Bertz CT molecular complexity index is 401. The molecule has 2 atom stereocenters. The summed E-state index contributed by atoms with van der Waals surface area (Å²) in [5, 5.41) is 3.60. The molecule has 3 nitrogen and oxygen atoms in total. The molecule has 1 aliphatic carbocycles. The molecule has 0 amide bonds. The van der Waals surface area contributed by atoms with Gasteiger partial charge in [-0.3, -0.25) is 0 Å². The number of hydrogen-bond acceptors (Lipinski definition) is 3. The fourth-order valence-corrected chi connectivity index (χ4v) is 2.70. The van der Waals surface area contributed by atoms with E-state index in [1.54, 1.807) is 0 Å². The van der Waals surface area contributed by atoms with Crippen LogP contribution in [0.3, 0.4) is 0 Å². The number of aromatic nitrogens is 2. The molecule has 3 heteroatoms. The van der Waals surface area contributed by atoms with Crippen LogP contribution < -0.4 is 5.32 Å². The van der Waals surface area contributed by atoms with Crippen molar-refractivity contribution in [3.8, 4) is 0 Å². The number of aryl methyl sites for hydroxylation is 1. The van der Waals surface area contributed by atoms with Crippen LogP contribution in [0.2, 0.25) is 0 Å². The molecule has 2 rings (SSSR count). The maximum atomic E-state index is 4.63. The molecule has 0 aromatic carbocycles. The quantitative estimate of drug-likeness (QED) is 0.880. The zero-order valence-corrected chi connectivity index (χ0v) is 12.0. The molecule has 1 fully saturated rings. The Morgan fingerprint density at radius 3 is 2.72 bits per heavy atom. The molecule has 0 bridgehead atoms. The zero-order valence-electron chi connectivity index (χ0n) is 12.0. The Hall–Kier alpha value is -1.12. The predicted octanol–water partition coefficient (Wildman–Crippen LogP) is 3.90. The number of hydrogen-bond donors (Lipinski definition) is 1. The first-order chi connectivity index (χ1) is 8.54. The summed E-state index contributed by atoms with van der Waals surface area (Å²) < 4.78 is 0. The van der Waals surface area contributed by atoms with Gasteiger partial charge in [-0.1, -0.05) is 33.6 Å². The Balaban J connectivity index is 2.08. The summed E-state index contributed by atoms with van der Waals surface area (Å²) in [6.07, 6.45) is 5.24. The number of anilines is 1. The van der Waals surface area contributed by atoms with Crippen molar-refractivity contribution in [1.29, 1.82) is 0 Å². The maximum Gasteiger partial charge on any atom is 0.133 e. The van der Waals surface area contributed by atoms with Crippen LogP contribution in [0, 0.1) is 12.8 Å². The van der Waals surface area contributed by atoms with Crippen molar-refractivity contribution in [3.05, 3.63) is 17.6 Å². The van der Waals surface area contributed by atoms with E-state index in [1.807, 2.05) is 6.92 Å². The van der Waals surface area contributed by atoms with Gasteiger partial charge in [0.05, 0.1) is 0 Å². The SMILES string of the molecule is Cc1cc(NC2CCCC(C)C2)nc(C(C)C)n1. The van der Waals surface area contributed by atoms with E-state index in [1.165, 1.54) is 25.7 Å². The van der Waals surface area contributed by atoms with Crippen molar-refractivity contribution in [2.75, 3.05) is 5.32 Å². The van der Waals surface area contributed by atoms with E-state index in [0.717, 1.165) is 23.3 Å². The van der Waals surface area contributed by atoms with E-state index in [4.69, 9.17) is 0 Å². The fourth-order valence-electron chi connectivity index (χ4n) is 2.70. The summed E-state index contributed by atoms with van der Waals surface area (Å²) in [6, 6.07) is 2.65. The van der Waals surface area contributed by atoms with Gasteiger partial charge >= 0.3 is 0 Å². The van der Waals surface area contributed by atoms with Gasteiger partial charge in [0.25, 0.3) is 0 Å². The van der Waals surface area contributed by atoms with Gasteiger partial charge in [-0.25, -0.2) is 9.97 Å². The molecule has 100 valence electrons. The lowest BCUT2D eigenvalue weighted by Gasteiger charge is -2.28. The molecule has 18 heavy (non-hydrogen) atoms. The first-order valence-corrected chi connectivity index (χ1v) is 7.16. The van der Waals surface area contributed by atoms with E-state index in [0.29, 0.717) is 12.0 Å². The number of nitrogens with zero attached hydrogens (tertiary/aromatic N) is 2. The second kappa shape index (κ2) is 5.68. The highest BCUT2D eigenvalue weighted by Gasteiger charge is 2.19. The Labute approximate surface area is 110 Å². The zero-order chi connectivity index (χ0) is 13.1. The van der Waals surface area contributed by atoms with E-state index >= 15 is 0 Å². The third kappa shape index (κ3) is 3.44. The minimum absolute atomic E-state index is 0.385. The van der Waals surface area contributed by atoms with Crippen molar-refractivity contribution < 1.29 is 0 Å². The molecular formula is C15H25N3. The standard InChI is InChI=1S/C15H25N3/c1-10(2)15-16-12(4)9-14(18-15)17-13-7-5-6-11(3)8-13/h9-11,13H,5-8H2,1-4H3,(H,16,17,18). The fraction of sp³-hybridized carbons (Fsp3) is 0.733. The van der Waals surface area contributed by atoms with Gasteiger partial charge in [0.2, 0.25) is 0 Å². The average Bonchev–Trinajstić information content (AvgIpc) is 2.28. The third-order valence-corrected chi connectivity index (χ3v) is 3.68. The summed E-state index contributed by atoms with van der Waals surface area (Å²) in [7, 11) is 0. The van der Waals surface area contributed by atoms with Crippen LogP contribution >= 0.6 is 0 Å². The molecule has 1 aromatic heterocycles. The van der Waals surface area contributed by atoms with E-state index in [9.17, 15) is 0 Å². The lowest BCUT2D eigenvalue weighted by atomic mass is 9.87. The number of nitrogens with one attached hydrogen (secondary N) is 1. The molecule has 1 aliphatic rings. The van der Waals surface area contributed by atoms with Crippen molar-refractivity contribution in [3.63, 3.8) is 0 Å². The predicted molar refractivity (Wildman–Crippen MR) is 75.9 cm³/mol. The first kappa shape index (κ1) is 13.3. The average molecular weight is 247 g/mol. The van der Waals surface area contributed by atoms with Crippen molar-refractivity contribution in [2.24, 2.45) is 5.92 Å². The minimum atomic E-state index is 0.385. The van der Waals surface area contributed by atoms with Gasteiger partial charge < -0.3 is 5.32 Å². The van der Waals surface area contributed by atoms with Crippen molar-refractivity contribution >= 4 is 5.82 Å². The van der Waals surface area contributed by atoms with Crippen LogP contribution in [-0.4, -0.2) is 16.0 Å². The summed E-state index contributed by atoms with van der Waals surface area (Å²) in [4.78, 5) is 9.12. The molecule has 1 aromatic rings. The second-order valence-electron chi connectivity index (χ2n) is 6.02. The van der Waals surface area contributed by atoms with Gasteiger partial charge in [0, 0.05) is 23.7 Å². The summed E-state index contributed by atoms with van der Waals surface area (Å²) in [5.74, 6) is 3.17. The van der Waals surface area contributed by atoms with Gasteiger partial charge in [-0.05, 0) is 25.7 Å². The van der Waals surface area contributed by atoms with Crippen molar-refractivity contribution in [1.82, 2.24) is 9.97 Å². The van der Waals surface area contributed by atoms with Gasteiger partial charge in [-0.15, -0.1) is 0 Å².